The maximum absolute atomic E-state index is 11.4. The number of hydrogen-bond donors (Lipinski definition) is 0. The van der Waals surface area contributed by atoms with Crippen LogP contribution in [0, 0.1) is 10.8 Å². The number of hydrogen-bond acceptors (Lipinski definition) is 1. The van der Waals surface area contributed by atoms with Gasteiger partial charge in [0.25, 0.3) is 0 Å². The summed E-state index contributed by atoms with van der Waals surface area (Å²) in [6.45, 7) is 4.35. The summed E-state index contributed by atoms with van der Waals surface area (Å²) in [6, 6.07) is 0. The minimum absolute atomic E-state index is 0.0104. The van der Waals surface area contributed by atoms with Gasteiger partial charge >= 0.3 is 0 Å². The van der Waals surface area contributed by atoms with E-state index in [1.54, 1.807) is 6.08 Å². The van der Waals surface area contributed by atoms with Gasteiger partial charge in [-0.15, -0.1) is 0 Å². The Morgan fingerprint density at radius 2 is 2.09 bits per heavy atom. The van der Waals surface area contributed by atoms with E-state index in [1.165, 1.54) is 6.42 Å². The van der Waals surface area contributed by atoms with Crippen LogP contribution in [0.3, 0.4) is 0 Å². The topological polar surface area (TPSA) is 17.1 Å². The lowest BCUT2D eigenvalue weighted by Crippen LogP contribution is -2.28. The largest absolute Gasteiger partial charge is 0.294 e. The number of allylic oxidation sites excluding steroid dienone is 2. The minimum Gasteiger partial charge on any atom is -0.294 e. The Balaban J connectivity index is 2.43. The van der Waals surface area contributed by atoms with Crippen LogP contribution in [0.2, 0.25) is 0 Å². The van der Waals surface area contributed by atoms with Crippen LogP contribution in [-0.2, 0) is 4.79 Å². The molecule has 60 valence electrons. The van der Waals surface area contributed by atoms with E-state index in [2.05, 4.69) is 19.9 Å². The number of carbonyl (C=O) groups excluding carboxylic acids is 1. The smallest absolute Gasteiger partial charge is 0.161 e. The Morgan fingerprint density at radius 3 is 2.73 bits per heavy atom. The lowest BCUT2D eigenvalue weighted by molar-refractivity contribution is -0.123. The average Bonchev–Trinajstić information content (AvgIpc) is 2.20. The highest BCUT2D eigenvalue weighted by Crippen LogP contribution is 2.53. The van der Waals surface area contributed by atoms with Gasteiger partial charge in [0.15, 0.2) is 5.78 Å². The van der Waals surface area contributed by atoms with Crippen LogP contribution in [0.15, 0.2) is 12.2 Å². The van der Waals surface area contributed by atoms with Gasteiger partial charge in [-0.2, -0.15) is 0 Å². The second kappa shape index (κ2) is 1.77. The zero-order valence-electron chi connectivity index (χ0n) is 7.18. The molecule has 11 heavy (non-hydrogen) atoms. The van der Waals surface area contributed by atoms with Crippen molar-refractivity contribution < 1.29 is 4.79 Å². The summed E-state index contributed by atoms with van der Waals surface area (Å²) < 4.78 is 0. The molecule has 2 unspecified atom stereocenters. The molecule has 0 aliphatic heterocycles. The Bertz CT molecular complexity index is 241. The molecule has 2 atom stereocenters. The van der Waals surface area contributed by atoms with Crippen LogP contribution < -0.4 is 0 Å². The van der Waals surface area contributed by atoms with Crippen molar-refractivity contribution in [2.45, 2.75) is 33.1 Å². The van der Waals surface area contributed by atoms with Gasteiger partial charge in [0.05, 0.1) is 0 Å². The Kier molecular flexibility index (Phi) is 1.14. The Morgan fingerprint density at radius 1 is 1.36 bits per heavy atom. The Hall–Kier alpha value is -0.590. The number of ketones is 1. The van der Waals surface area contributed by atoms with E-state index in [0.717, 1.165) is 12.8 Å². The van der Waals surface area contributed by atoms with Crippen LogP contribution >= 0.6 is 0 Å². The quantitative estimate of drug-likeness (QED) is 0.518. The molecule has 1 heteroatoms. The van der Waals surface area contributed by atoms with Crippen molar-refractivity contribution in [2.75, 3.05) is 0 Å². The molecule has 2 aliphatic carbocycles. The van der Waals surface area contributed by atoms with Crippen molar-refractivity contribution in [3.8, 4) is 0 Å². The molecule has 0 spiro atoms. The molecule has 1 saturated carbocycles. The maximum Gasteiger partial charge on any atom is 0.161 e. The van der Waals surface area contributed by atoms with Gasteiger partial charge in [0.2, 0.25) is 0 Å². The lowest BCUT2D eigenvalue weighted by atomic mass is 9.75. The summed E-state index contributed by atoms with van der Waals surface area (Å²) >= 11 is 0. The lowest BCUT2D eigenvalue weighted by Gasteiger charge is -2.28. The van der Waals surface area contributed by atoms with Crippen molar-refractivity contribution >= 4 is 5.78 Å². The molecule has 0 heterocycles. The fourth-order valence-electron chi connectivity index (χ4n) is 2.46. The molecule has 2 rings (SSSR count). The third-order valence-corrected chi connectivity index (χ3v) is 3.27. The second-order valence-electron chi connectivity index (χ2n) is 4.59. The van der Waals surface area contributed by atoms with Gasteiger partial charge in [-0.25, -0.2) is 0 Å². The van der Waals surface area contributed by atoms with Crippen molar-refractivity contribution in [1.82, 2.24) is 0 Å². The monoisotopic (exact) mass is 150 g/mol. The molecule has 0 amide bonds. The molecule has 0 aromatic heterocycles. The van der Waals surface area contributed by atoms with Crippen molar-refractivity contribution in [3.05, 3.63) is 12.2 Å². The highest BCUT2D eigenvalue weighted by molar-refractivity contribution is 5.96. The normalized spacial score (nSPS) is 48.4. The molecule has 1 fully saturated rings. The maximum atomic E-state index is 11.4. The van der Waals surface area contributed by atoms with Crippen LogP contribution in [0.25, 0.3) is 0 Å². The zero-order chi connectivity index (χ0) is 8.11. The molecule has 0 radical (unpaired) electrons. The molecule has 0 N–H and O–H groups in total. The summed E-state index contributed by atoms with van der Waals surface area (Å²) in [5, 5.41) is 0. The van der Waals surface area contributed by atoms with Crippen LogP contribution in [0.1, 0.15) is 33.1 Å². The van der Waals surface area contributed by atoms with E-state index in [9.17, 15) is 4.79 Å². The van der Waals surface area contributed by atoms with Crippen molar-refractivity contribution in [3.63, 3.8) is 0 Å². The van der Waals surface area contributed by atoms with Gasteiger partial charge in [-0.3, -0.25) is 4.79 Å². The van der Waals surface area contributed by atoms with Crippen LogP contribution in [0.5, 0.6) is 0 Å². The highest BCUT2D eigenvalue weighted by atomic mass is 16.1. The predicted molar refractivity (Wildman–Crippen MR) is 44.2 cm³/mol. The molecule has 0 aromatic rings. The van der Waals surface area contributed by atoms with Gasteiger partial charge in [-0.1, -0.05) is 19.9 Å². The fourth-order valence-corrected chi connectivity index (χ4v) is 2.46. The van der Waals surface area contributed by atoms with E-state index in [0.29, 0.717) is 11.2 Å². The van der Waals surface area contributed by atoms with Crippen molar-refractivity contribution in [2.24, 2.45) is 10.8 Å². The summed E-state index contributed by atoms with van der Waals surface area (Å²) in [7, 11) is 0. The fraction of sp³-hybridized carbons (Fsp3) is 0.700. The first kappa shape index (κ1) is 7.08. The molecule has 1 nitrogen and oxygen atoms in total. The predicted octanol–water partition coefficient (Wildman–Crippen LogP) is 2.32. The molecule has 2 aliphatic rings. The standard InChI is InChI=1S/C10H14O/c1-9-4-3-8(11)10(2,7-9)6-5-9/h3-4H,5-7H2,1-2H3. The number of carbonyl (C=O) groups is 1. The van der Waals surface area contributed by atoms with Crippen molar-refractivity contribution in [1.29, 1.82) is 0 Å². The van der Waals surface area contributed by atoms with Gasteiger partial charge < -0.3 is 0 Å². The SMILES string of the molecule is CC12C=CC(=O)C(C)(CC1)C2. The van der Waals surface area contributed by atoms with E-state index in [4.69, 9.17) is 0 Å². The first-order valence-corrected chi connectivity index (χ1v) is 4.28. The molecule has 0 saturated heterocycles. The summed E-state index contributed by atoms with van der Waals surface area (Å²) in [6.07, 6.45) is 7.22. The molecular formula is C10H14O. The number of fused-ring (bicyclic) bond motifs is 2. The molecular weight excluding hydrogens is 136 g/mol. The summed E-state index contributed by atoms with van der Waals surface area (Å²) in [5.41, 5.74) is 0.326. The third kappa shape index (κ3) is 0.867. The van der Waals surface area contributed by atoms with Crippen LogP contribution in [0.4, 0.5) is 0 Å². The van der Waals surface area contributed by atoms with E-state index < -0.39 is 0 Å². The number of rotatable bonds is 0. The summed E-state index contributed by atoms with van der Waals surface area (Å²) in [4.78, 5) is 11.4. The summed E-state index contributed by atoms with van der Waals surface area (Å²) in [5.74, 6) is 0.340. The van der Waals surface area contributed by atoms with Gasteiger partial charge in [0, 0.05) is 5.41 Å². The van der Waals surface area contributed by atoms with E-state index in [1.807, 2.05) is 0 Å². The first-order valence-electron chi connectivity index (χ1n) is 4.28. The third-order valence-electron chi connectivity index (χ3n) is 3.27. The highest BCUT2D eigenvalue weighted by Gasteiger charge is 2.47. The van der Waals surface area contributed by atoms with Gasteiger partial charge in [0.1, 0.15) is 0 Å². The van der Waals surface area contributed by atoms with Gasteiger partial charge in [-0.05, 0) is 30.8 Å². The van der Waals surface area contributed by atoms with Crippen LogP contribution in [-0.4, -0.2) is 5.78 Å². The minimum atomic E-state index is -0.0104. The van der Waals surface area contributed by atoms with E-state index in [-0.39, 0.29) is 5.41 Å². The second-order valence-corrected chi connectivity index (χ2v) is 4.59. The first-order chi connectivity index (χ1) is 5.04. The average molecular weight is 150 g/mol. The zero-order valence-corrected chi connectivity index (χ0v) is 7.18. The van der Waals surface area contributed by atoms with E-state index >= 15 is 0 Å². The Labute approximate surface area is 67.5 Å². The molecule has 0 aromatic carbocycles. The molecule has 2 bridgehead atoms.